The average Bonchev–Trinajstić information content (AvgIpc) is 3.30. The molecule has 0 radical (unpaired) electrons. The second-order valence-electron chi connectivity index (χ2n) is 7.34. The molecule has 0 bridgehead atoms. The van der Waals surface area contributed by atoms with Crippen LogP contribution in [0.5, 0.6) is 17.2 Å². The molecule has 0 unspecified atom stereocenters. The number of nitrogens with zero attached hydrogens (tertiary/aromatic N) is 2. The van der Waals surface area contributed by atoms with Gasteiger partial charge in [0.05, 0.1) is 25.7 Å². The summed E-state index contributed by atoms with van der Waals surface area (Å²) in [6.45, 7) is 2.38. The van der Waals surface area contributed by atoms with Gasteiger partial charge in [-0.1, -0.05) is 6.07 Å². The molecule has 2 aromatic heterocycles. The van der Waals surface area contributed by atoms with Crippen molar-refractivity contribution >= 4 is 22.8 Å². The number of carbonyl (C=O) groups is 1. The van der Waals surface area contributed by atoms with Crippen LogP contribution in [-0.2, 0) is 11.2 Å². The van der Waals surface area contributed by atoms with Crippen LogP contribution in [0.1, 0.15) is 12.5 Å². The van der Waals surface area contributed by atoms with Gasteiger partial charge in [0.15, 0.2) is 18.1 Å². The minimum atomic E-state index is -1.07. The zero-order chi connectivity index (χ0) is 23.9. The predicted molar refractivity (Wildman–Crippen MR) is 127 cm³/mol. The Bertz CT molecular complexity index is 1290. The number of benzene rings is 2. The summed E-state index contributed by atoms with van der Waals surface area (Å²) in [7, 11) is 1.65. The first-order chi connectivity index (χ1) is 16.6. The molecule has 4 rings (SSSR count). The van der Waals surface area contributed by atoms with Gasteiger partial charge in [0.1, 0.15) is 23.5 Å². The van der Waals surface area contributed by atoms with Crippen LogP contribution in [0.2, 0.25) is 0 Å². The number of methoxy groups -OCH3 is 1. The van der Waals surface area contributed by atoms with E-state index >= 15 is 0 Å². The van der Waals surface area contributed by atoms with Crippen molar-refractivity contribution in [3.63, 3.8) is 0 Å². The third-order valence-electron chi connectivity index (χ3n) is 5.12. The van der Waals surface area contributed by atoms with E-state index in [1.165, 1.54) is 6.33 Å². The molecule has 2 aromatic carbocycles. The van der Waals surface area contributed by atoms with Crippen LogP contribution < -0.4 is 19.5 Å². The maximum Gasteiger partial charge on any atom is 0.341 e. The van der Waals surface area contributed by atoms with Gasteiger partial charge in [-0.15, -0.1) is 0 Å². The van der Waals surface area contributed by atoms with Gasteiger partial charge in [-0.25, -0.2) is 14.8 Å². The van der Waals surface area contributed by atoms with E-state index in [0.29, 0.717) is 48.1 Å². The van der Waals surface area contributed by atoms with Gasteiger partial charge in [0.25, 0.3) is 0 Å². The molecule has 0 amide bonds. The maximum absolute atomic E-state index is 10.9. The topological polar surface area (TPSA) is 116 Å². The average molecular weight is 463 g/mol. The molecule has 2 N–H and O–H groups in total. The number of fused-ring (bicyclic) bond motifs is 1. The first-order valence-corrected chi connectivity index (χ1v) is 10.8. The minimum absolute atomic E-state index is 0.343. The molecule has 0 aliphatic heterocycles. The molecule has 0 saturated heterocycles. The lowest BCUT2D eigenvalue weighted by atomic mass is 10.1. The van der Waals surface area contributed by atoms with E-state index in [-0.39, 0.29) is 0 Å². The highest BCUT2D eigenvalue weighted by molar-refractivity contribution is 5.80. The van der Waals surface area contributed by atoms with Crippen molar-refractivity contribution in [3.05, 3.63) is 60.6 Å². The maximum atomic E-state index is 10.9. The monoisotopic (exact) mass is 463 g/mol. The van der Waals surface area contributed by atoms with Gasteiger partial charge >= 0.3 is 5.97 Å². The predicted octanol–water partition coefficient (Wildman–Crippen LogP) is 4.42. The Hall–Kier alpha value is -4.27. The number of anilines is 1. The Kier molecular flexibility index (Phi) is 7.12. The number of carboxylic acids is 1. The fraction of sp³-hybridized carbons (Fsp3) is 0.240. The van der Waals surface area contributed by atoms with E-state index in [0.717, 1.165) is 22.3 Å². The van der Waals surface area contributed by atoms with Crippen LogP contribution in [0.3, 0.4) is 0 Å². The first kappa shape index (κ1) is 22.9. The second kappa shape index (κ2) is 10.6. The fourth-order valence-electron chi connectivity index (χ4n) is 3.61. The summed E-state index contributed by atoms with van der Waals surface area (Å²) in [5.74, 6) is 1.16. The zero-order valence-electron chi connectivity index (χ0n) is 18.9. The Morgan fingerprint density at radius 2 is 2.00 bits per heavy atom. The lowest BCUT2D eigenvalue weighted by molar-refractivity contribution is -0.139. The van der Waals surface area contributed by atoms with Crippen molar-refractivity contribution in [2.75, 3.05) is 32.2 Å². The normalized spacial score (nSPS) is 10.8. The Morgan fingerprint density at radius 3 is 2.79 bits per heavy atom. The smallest absolute Gasteiger partial charge is 0.341 e. The number of rotatable bonds is 11. The molecule has 9 nitrogen and oxygen atoms in total. The van der Waals surface area contributed by atoms with E-state index < -0.39 is 12.6 Å². The third-order valence-corrected chi connectivity index (χ3v) is 5.12. The van der Waals surface area contributed by atoms with E-state index in [9.17, 15) is 4.79 Å². The molecule has 4 aromatic rings. The van der Waals surface area contributed by atoms with E-state index in [4.69, 9.17) is 23.7 Å². The lowest BCUT2D eigenvalue weighted by Crippen LogP contribution is -2.11. The Labute approximate surface area is 196 Å². The molecular formula is C25H25N3O6. The van der Waals surface area contributed by atoms with Gasteiger partial charge in [-0.3, -0.25) is 0 Å². The number of nitrogens with one attached hydrogen (secondary N) is 1. The summed E-state index contributed by atoms with van der Waals surface area (Å²) in [6.07, 6.45) is 3.82. The molecular weight excluding hydrogens is 438 g/mol. The molecule has 176 valence electrons. The summed E-state index contributed by atoms with van der Waals surface area (Å²) in [4.78, 5) is 19.6. The molecule has 34 heavy (non-hydrogen) atoms. The molecule has 0 spiro atoms. The van der Waals surface area contributed by atoms with Crippen LogP contribution >= 0.6 is 0 Å². The summed E-state index contributed by atoms with van der Waals surface area (Å²) < 4.78 is 22.2. The van der Waals surface area contributed by atoms with E-state index in [1.54, 1.807) is 25.5 Å². The molecule has 0 atom stereocenters. The lowest BCUT2D eigenvalue weighted by Gasteiger charge is -2.15. The number of carboxylic acid groups (broad SMARTS) is 1. The number of aromatic nitrogens is 2. The Morgan fingerprint density at radius 1 is 1.12 bits per heavy atom. The molecule has 0 fully saturated rings. The van der Waals surface area contributed by atoms with Gasteiger partial charge in [-0.2, -0.15) is 0 Å². The van der Waals surface area contributed by atoms with Crippen molar-refractivity contribution in [1.82, 2.24) is 9.97 Å². The zero-order valence-corrected chi connectivity index (χ0v) is 18.9. The number of aliphatic carboxylic acids is 1. The van der Waals surface area contributed by atoms with Gasteiger partial charge in [0, 0.05) is 23.6 Å². The molecule has 0 aliphatic carbocycles. The number of para-hydroxylation sites is 1. The standard InChI is InChI=1S/C25H25N3O6/c1-3-32-25-18(5-4-6-20(25)34-14-24(29)30)19-13-23(28-15-27-19)26-9-7-16-12-22-17(8-10-33-22)11-21(16)31-2/h4-6,8,10-13,15H,3,7,9,14H2,1-2H3,(H,29,30)(H,26,27,28). The first-order valence-electron chi connectivity index (χ1n) is 10.8. The number of hydrogen-bond donors (Lipinski definition) is 2. The molecule has 9 heteroatoms. The van der Waals surface area contributed by atoms with Crippen LogP contribution in [0.4, 0.5) is 5.82 Å². The van der Waals surface area contributed by atoms with Crippen molar-refractivity contribution in [2.45, 2.75) is 13.3 Å². The van der Waals surface area contributed by atoms with E-state index in [1.807, 2.05) is 37.3 Å². The van der Waals surface area contributed by atoms with Crippen molar-refractivity contribution < 1.29 is 28.5 Å². The van der Waals surface area contributed by atoms with Crippen molar-refractivity contribution in [3.8, 4) is 28.5 Å². The fourth-order valence-corrected chi connectivity index (χ4v) is 3.61. The quantitative estimate of drug-likeness (QED) is 0.333. The van der Waals surface area contributed by atoms with Gasteiger partial charge in [0.2, 0.25) is 0 Å². The van der Waals surface area contributed by atoms with Crippen LogP contribution in [-0.4, -0.2) is 47.9 Å². The molecule has 2 heterocycles. The summed E-state index contributed by atoms with van der Waals surface area (Å²) in [5, 5.41) is 13.3. The second-order valence-corrected chi connectivity index (χ2v) is 7.34. The van der Waals surface area contributed by atoms with Crippen LogP contribution in [0, 0.1) is 0 Å². The summed E-state index contributed by atoms with van der Waals surface area (Å²) in [6, 6.07) is 12.9. The number of furan rings is 1. The third kappa shape index (κ3) is 5.20. The number of ether oxygens (including phenoxy) is 3. The minimum Gasteiger partial charge on any atom is -0.496 e. The highest BCUT2D eigenvalue weighted by Crippen LogP contribution is 2.38. The van der Waals surface area contributed by atoms with Gasteiger partial charge in [-0.05, 0) is 49.2 Å². The number of hydrogen-bond acceptors (Lipinski definition) is 8. The van der Waals surface area contributed by atoms with Gasteiger partial charge < -0.3 is 29.1 Å². The van der Waals surface area contributed by atoms with Crippen LogP contribution in [0.15, 0.2) is 59.5 Å². The summed E-state index contributed by atoms with van der Waals surface area (Å²) in [5.41, 5.74) is 3.14. The van der Waals surface area contributed by atoms with Crippen molar-refractivity contribution in [1.29, 1.82) is 0 Å². The summed E-state index contributed by atoms with van der Waals surface area (Å²) >= 11 is 0. The highest BCUT2D eigenvalue weighted by atomic mass is 16.5. The van der Waals surface area contributed by atoms with E-state index in [2.05, 4.69) is 15.3 Å². The SMILES string of the molecule is CCOc1c(OCC(=O)O)cccc1-c1cc(NCCc2cc3occc3cc2OC)ncn1. The molecule has 0 aliphatic rings. The largest absolute Gasteiger partial charge is 0.496 e. The Balaban J connectivity index is 1.51. The molecule has 0 saturated carbocycles. The van der Waals surface area contributed by atoms with Crippen LogP contribution in [0.25, 0.3) is 22.2 Å². The van der Waals surface area contributed by atoms with Crippen molar-refractivity contribution in [2.24, 2.45) is 0 Å². The highest BCUT2D eigenvalue weighted by Gasteiger charge is 2.16.